The molecule has 1 fully saturated rings. The molecule has 1 N–H and O–H groups in total. The summed E-state index contributed by atoms with van der Waals surface area (Å²) in [6.07, 6.45) is 5.01. The molecule has 2 aromatic heterocycles. The second-order valence-corrected chi connectivity index (χ2v) is 15.2. The Kier molecular flexibility index (Phi) is 6.61. The fourth-order valence-corrected chi connectivity index (χ4v) is 5.51. The van der Waals surface area contributed by atoms with Crippen molar-refractivity contribution < 1.29 is 14.0 Å². The number of piperidine rings is 1. The summed E-state index contributed by atoms with van der Waals surface area (Å²) >= 11 is 3.06. The number of nitrogens with one attached hydrogen (secondary N) is 1. The van der Waals surface area contributed by atoms with E-state index in [1.807, 2.05) is 6.20 Å². The van der Waals surface area contributed by atoms with Crippen molar-refractivity contribution in [1.82, 2.24) is 14.9 Å². The average molecular weight is 439 g/mol. The van der Waals surface area contributed by atoms with Crippen LogP contribution in [-0.4, -0.2) is 47.8 Å². The molecule has 0 aromatic carbocycles. The van der Waals surface area contributed by atoms with E-state index in [9.17, 15) is 9.59 Å². The minimum absolute atomic E-state index is 0.0124. The Balaban J connectivity index is 1.48. The van der Waals surface area contributed by atoms with Gasteiger partial charge >= 0.3 is 0 Å². The van der Waals surface area contributed by atoms with E-state index in [0.29, 0.717) is 36.8 Å². The summed E-state index contributed by atoms with van der Waals surface area (Å²) in [6, 6.07) is 0. The zero-order valence-electron chi connectivity index (χ0n) is 16.7. The Labute approximate surface area is 174 Å². The second-order valence-electron chi connectivity index (χ2n) is 7.91. The molecule has 0 atom stereocenters. The van der Waals surface area contributed by atoms with Crippen LogP contribution in [0.3, 0.4) is 0 Å². The number of thioether (sulfide) groups is 1. The van der Waals surface area contributed by atoms with Crippen molar-refractivity contribution in [1.29, 1.82) is 0 Å². The lowest BCUT2D eigenvalue weighted by molar-refractivity contribution is -0.132. The van der Waals surface area contributed by atoms with Gasteiger partial charge in [0.1, 0.15) is 13.5 Å². The summed E-state index contributed by atoms with van der Waals surface area (Å²) < 4.78 is 6.87. The molecular formula is C18H26N4O3S2Si. The van der Waals surface area contributed by atoms with Crippen LogP contribution in [0.1, 0.15) is 25.7 Å². The molecule has 152 valence electrons. The molecule has 3 heterocycles. The number of thiazole rings is 1. The van der Waals surface area contributed by atoms with Gasteiger partial charge in [-0.1, -0.05) is 31.0 Å². The van der Waals surface area contributed by atoms with E-state index in [1.165, 1.54) is 11.3 Å². The Bertz CT molecular complexity index is 838. The highest BCUT2D eigenvalue weighted by Crippen LogP contribution is 2.31. The lowest BCUT2D eigenvalue weighted by Crippen LogP contribution is -2.40. The molecule has 28 heavy (non-hydrogen) atoms. The zero-order valence-corrected chi connectivity index (χ0v) is 19.3. The van der Waals surface area contributed by atoms with Gasteiger partial charge in [0.05, 0.1) is 22.4 Å². The molecule has 10 heteroatoms. The van der Waals surface area contributed by atoms with E-state index in [0.717, 1.165) is 15.5 Å². The molecule has 1 aliphatic heterocycles. The molecule has 1 saturated heterocycles. The number of carbonyl (C=O) groups is 2. The van der Waals surface area contributed by atoms with Gasteiger partial charge in [0.2, 0.25) is 17.7 Å². The van der Waals surface area contributed by atoms with Crippen molar-refractivity contribution in [3.8, 4) is 0 Å². The molecule has 0 saturated carbocycles. The van der Waals surface area contributed by atoms with Gasteiger partial charge in [0, 0.05) is 25.9 Å². The fourth-order valence-electron chi connectivity index (χ4n) is 2.90. The van der Waals surface area contributed by atoms with Crippen LogP contribution >= 0.6 is 23.1 Å². The molecule has 3 rings (SSSR count). The summed E-state index contributed by atoms with van der Waals surface area (Å²) in [7, 11) is -1.48. The number of hydrogen-bond acceptors (Lipinski definition) is 7. The van der Waals surface area contributed by atoms with Crippen molar-refractivity contribution in [3.05, 3.63) is 18.3 Å². The van der Waals surface area contributed by atoms with Gasteiger partial charge in [-0.3, -0.25) is 9.59 Å². The number of anilines is 1. The Hall–Kier alpha value is -1.65. The summed E-state index contributed by atoms with van der Waals surface area (Å²) in [4.78, 5) is 34.3. The van der Waals surface area contributed by atoms with E-state index in [2.05, 4.69) is 34.9 Å². The predicted molar refractivity (Wildman–Crippen MR) is 115 cm³/mol. The highest BCUT2D eigenvalue weighted by atomic mass is 32.2. The number of carbonyl (C=O) groups excluding carboxylic acids is 2. The molecule has 7 nitrogen and oxygen atoms in total. The Morgan fingerprint density at radius 3 is 2.61 bits per heavy atom. The van der Waals surface area contributed by atoms with Gasteiger partial charge in [0.15, 0.2) is 5.13 Å². The molecule has 0 bridgehead atoms. The van der Waals surface area contributed by atoms with Crippen LogP contribution in [0.5, 0.6) is 0 Å². The van der Waals surface area contributed by atoms with Gasteiger partial charge in [0.25, 0.3) is 0 Å². The van der Waals surface area contributed by atoms with Crippen LogP contribution in [0.2, 0.25) is 19.6 Å². The first-order valence-corrected chi connectivity index (χ1v) is 14.6. The lowest BCUT2D eigenvalue weighted by Gasteiger charge is -2.30. The molecule has 2 aromatic rings. The van der Waals surface area contributed by atoms with Crippen molar-refractivity contribution in [2.45, 2.75) is 49.4 Å². The van der Waals surface area contributed by atoms with E-state index in [1.54, 1.807) is 29.8 Å². The topological polar surface area (TPSA) is 88.3 Å². The van der Waals surface area contributed by atoms with Crippen LogP contribution in [0.4, 0.5) is 5.13 Å². The Morgan fingerprint density at radius 2 is 2.00 bits per heavy atom. The van der Waals surface area contributed by atoms with Crippen LogP contribution in [0.15, 0.2) is 21.0 Å². The lowest BCUT2D eigenvalue weighted by atomic mass is 9.96. The monoisotopic (exact) mass is 438 g/mol. The van der Waals surface area contributed by atoms with E-state index >= 15 is 0 Å². The van der Waals surface area contributed by atoms with Crippen molar-refractivity contribution >= 4 is 53.5 Å². The number of amides is 2. The minimum Gasteiger partial charge on any atom is -0.450 e. The number of aromatic nitrogens is 2. The van der Waals surface area contributed by atoms with Gasteiger partial charge in [-0.15, -0.1) is 11.8 Å². The number of nitrogens with zero attached hydrogens (tertiary/aromatic N) is 3. The standard InChI is InChI=1S/C18H26N4O3S2Si/c1-12(23)22-7-5-13(6-8-22)17(24)21-18-20-10-16(27-18)26-11-14-19-9-15(25-14)28(2,3)4/h9-10,13H,5-8,11H2,1-4H3,(H,20,21,24). The number of likely N-dealkylation sites (tertiary alicyclic amines) is 1. The highest BCUT2D eigenvalue weighted by molar-refractivity contribution is 8.00. The van der Waals surface area contributed by atoms with E-state index in [-0.39, 0.29) is 17.7 Å². The summed E-state index contributed by atoms with van der Waals surface area (Å²) in [6.45, 7) is 9.54. The molecule has 0 aliphatic carbocycles. The predicted octanol–water partition coefficient (Wildman–Crippen LogP) is 3.17. The minimum atomic E-state index is -1.48. The van der Waals surface area contributed by atoms with Gasteiger partial charge < -0.3 is 14.6 Å². The van der Waals surface area contributed by atoms with E-state index in [4.69, 9.17) is 4.42 Å². The number of hydrogen-bond donors (Lipinski definition) is 1. The average Bonchev–Trinajstić information content (AvgIpc) is 3.29. The normalized spacial score (nSPS) is 15.6. The zero-order chi connectivity index (χ0) is 20.3. The second kappa shape index (κ2) is 8.79. The largest absolute Gasteiger partial charge is 0.450 e. The molecule has 0 radical (unpaired) electrons. The van der Waals surface area contributed by atoms with Crippen LogP contribution in [0.25, 0.3) is 0 Å². The van der Waals surface area contributed by atoms with Gasteiger partial charge in [-0.05, 0) is 12.8 Å². The molecule has 0 spiro atoms. The first kappa shape index (κ1) is 21.1. The van der Waals surface area contributed by atoms with Gasteiger partial charge in [-0.2, -0.15) is 0 Å². The SMILES string of the molecule is CC(=O)N1CCC(C(=O)Nc2ncc(SCc3ncc([Si](C)(C)C)o3)s2)CC1. The van der Waals surface area contributed by atoms with Crippen molar-refractivity contribution in [2.75, 3.05) is 18.4 Å². The highest BCUT2D eigenvalue weighted by Gasteiger charge is 2.26. The molecule has 0 unspecified atom stereocenters. The molecule has 2 amide bonds. The maximum atomic E-state index is 12.5. The molecule has 1 aliphatic rings. The fraction of sp³-hybridized carbons (Fsp3) is 0.556. The Morgan fingerprint density at radius 1 is 1.29 bits per heavy atom. The van der Waals surface area contributed by atoms with Crippen LogP contribution < -0.4 is 10.7 Å². The van der Waals surface area contributed by atoms with Crippen LogP contribution in [0, 0.1) is 5.92 Å². The smallest absolute Gasteiger partial charge is 0.229 e. The van der Waals surface area contributed by atoms with Crippen LogP contribution in [-0.2, 0) is 15.3 Å². The quantitative estimate of drug-likeness (QED) is 0.550. The maximum Gasteiger partial charge on any atom is 0.229 e. The summed E-state index contributed by atoms with van der Waals surface area (Å²) in [5.74, 6) is 1.36. The third kappa shape index (κ3) is 5.45. The van der Waals surface area contributed by atoms with Gasteiger partial charge in [-0.25, -0.2) is 9.97 Å². The third-order valence-corrected chi connectivity index (χ3v) is 8.46. The third-order valence-electron chi connectivity index (χ3n) is 4.66. The summed E-state index contributed by atoms with van der Waals surface area (Å²) in [5.41, 5.74) is 0. The summed E-state index contributed by atoms with van der Waals surface area (Å²) in [5, 5.41) is 4.53. The number of oxazole rings is 1. The molecular weight excluding hydrogens is 412 g/mol. The number of rotatable bonds is 6. The first-order valence-electron chi connectivity index (χ1n) is 9.32. The van der Waals surface area contributed by atoms with Crippen molar-refractivity contribution in [3.63, 3.8) is 0 Å². The maximum absolute atomic E-state index is 12.5. The van der Waals surface area contributed by atoms with Crippen molar-refractivity contribution in [2.24, 2.45) is 5.92 Å². The van der Waals surface area contributed by atoms with E-state index < -0.39 is 8.07 Å². The first-order chi connectivity index (χ1) is 13.2.